The zero-order chi connectivity index (χ0) is 16.9. The van der Waals surface area contributed by atoms with Crippen molar-refractivity contribution >= 4 is 20.9 Å². The van der Waals surface area contributed by atoms with Crippen LogP contribution in [-0.2, 0) is 22.0 Å². The normalized spacial score (nSPS) is 21.5. The van der Waals surface area contributed by atoms with Crippen molar-refractivity contribution < 1.29 is 8.42 Å². The van der Waals surface area contributed by atoms with Gasteiger partial charge in [-0.25, -0.2) is 12.7 Å². The molecule has 3 heterocycles. The molecule has 130 valence electrons. The monoisotopic (exact) mass is 347 g/mol. The summed E-state index contributed by atoms with van der Waals surface area (Å²) in [6.45, 7) is 5.64. The van der Waals surface area contributed by atoms with E-state index in [-0.39, 0.29) is 10.8 Å². The van der Waals surface area contributed by atoms with Crippen LogP contribution in [-0.4, -0.2) is 42.6 Å². The van der Waals surface area contributed by atoms with Gasteiger partial charge < -0.3 is 10.3 Å². The highest BCUT2D eigenvalue weighted by atomic mass is 32.2. The Balaban J connectivity index is 1.68. The average Bonchev–Trinajstić information content (AvgIpc) is 2.96. The Labute approximate surface area is 143 Å². The van der Waals surface area contributed by atoms with Gasteiger partial charge in [-0.3, -0.25) is 0 Å². The molecule has 0 unspecified atom stereocenters. The van der Waals surface area contributed by atoms with E-state index in [9.17, 15) is 8.42 Å². The molecule has 0 amide bonds. The van der Waals surface area contributed by atoms with Gasteiger partial charge in [0, 0.05) is 36.2 Å². The molecular weight excluding hydrogens is 322 g/mol. The summed E-state index contributed by atoms with van der Waals surface area (Å²) in [5.74, 6) is 0. The average molecular weight is 347 g/mol. The molecule has 0 atom stereocenters. The van der Waals surface area contributed by atoms with Crippen molar-refractivity contribution in [3.63, 3.8) is 0 Å². The molecule has 0 saturated carbocycles. The lowest BCUT2D eigenvalue weighted by Gasteiger charge is -2.44. The Morgan fingerprint density at radius 3 is 2.58 bits per heavy atom. The molecule has 6 heteroatoms. The quantitative estimate of drug-likeness (QED) is 0.876. The summed E-state index contributed by atoms with van der Waals surface area (Å²) in [5.41, 5.74) is 3.75. The van der Waals surface area contributed by atoms with E-state index in [1.165, 1.54) is 22.2 Å². The van der Waals surface area contributed by atoms with E-state index >= 15 is 0 Å². The van der Waals surface area contributed by atoms with E-state index in [0.29, 0.717) is 13.1 Å². The van der Waals surface area contributed by atoms with Crippen LogP contribution in [0.1, 0.15) is 37.9 Å². The molecule has 2 aliphatic rings. The highest BCUT2D eigenvalue weighted by Gasteiger charge is 2.43. The van der Waals surface area contributed by atoms with Crippen molar-refractivity contribution in [2.24, 2.45) is 0 Å². The first kappa shape index (κ1) is 16.1. The number of piperidine rings is 1. The Kier molecular flexibility index (Phi) is 3.74. The summed E-state index contributed by atoms with van der Waals surface area (Å²) < 4.78 is 26.5. The Morgan fingerprint density at radius 1 is 1.17 bits per heavy atom. The fraction of sp³-hybridized carbons (Fsp3) is 0.556. The van der Waals surface area contributed by atoms with Crippen LogP contribution in [0.15, 0.2) is 24.3 Å². The maximum Gasteiger partial charge on any atom is 0.216 e. The standard InChI is InChI=1S/C18H25N3O2S/c1-13(2)24(22,23)21-11-8-18(9-12-21)17-15(7-10-19-18)14-5-3-4-6-16(14)20-17/h3-6,13,19-20H,7-12H2,1-2H3. The van der Waals surface area contributed by atoms with E-state index in [2.05, 4.69) is 34.6 Å². The van der Waals surface area contributed by atoms with Crippen LogP contribution in [0.25, 0.3) is 10.9 Å². The number of aromatic amines is 1. The van der Waals surface area contributed by atoms with Gasteiger partial charge in [-0.2, -0.15) is 0 Å². The minimum absolute atomic E-state index is 0.115. The SMILES string of the molecule is CC(C)S(=O)(=O)N1CCC2(CC1)NCCc1c2[nH]c2ccccc12. The minimum atomic E-state index is -3.16. The predicted molar refractivity (Wildman–Crippen MR) is 96.5 cm³/mol. The molecule has 2 aromatic rings. The van der Waals surface area contributed by atoms with Crippen molar-refractivity contribution in [2.45, 2.75) is 43.9 Å². The van der Waals surface area contributed by atoms with Gasteiger partial charge in [0.1, 0.15) is 0 Å². The van der Waals surface area contributed by atoms with E-state index < -0.39 is 10.0 Å². The third-order valence-electron chi connectivity index (χ3n) is 5.66. The second kappa shape index (κ2) is 5.58. The first-order valence-corrected chi connectivity index (χ1v) is 10.3. The van der Waals surface area contributed by atoms with Gasteiger partial charge in [0.2, 0.25) is 10.0 Å². The fourth-order valence-electron chi connectivity index (χ4n) is 4.23. The van der Waals surface area contributed by atoms with Crippen molar-refractivity contribution in [1.29, 1.82) is 0 Å². The molecular formula is C18H25N3O2S. The number of sulfonamides is 1. The molecule has 5 nitrogen and oxygen atoms in total. The summed E-state index contributed by atoms with van der Waals surface area (Å²) in [6, 6.07) is 8.45. The zero-order valence-corrected chi connectivity index (χ0v) is 15.1. The lowest BCUT2D eigenvalue weighted by molar-refractivity contribution is 0.180. The van der Waals surface area contributed by atoms with Gasteiger partial charge >= 0.3 is 0 Å². The number of nitrogens with one attached hydrogen (secondary N) is 2. The third kappa shape index (κ3) is 2.31. The van der Waals surface area contributed by atoms with Crippen LogP contribution >= 0.6 is 0 Å². The highest BCUT2D eigenvalue weighted by molar-refractivity contribution is 7.89. The van der Waals surface area contributed by atoms with Crippen LogP contribution in [0.5, 0.6) is 0 Å². The highest BCUT2D eigenvalue weighted by Crippen LogP contribution is 2.40. The Bertz CT molecular complexity index is 862. The van der Waals surface area contributed by atoms with Crippen LogP contribution in [0.3, 0.4) is 0 Å². The van der Waals surface area contributed by atoms with Crippen LogP contribution in [0.4, 0.5) is 0 Å². The van der Waals surface area contributed by atoms with Gasteiger partial charge in [-0.15, -0.1) is 0 Å². The molecule has 4 rings (SSSR count). The number of fused-ring (bicyclic) bond motifs is 4. The largest absolute Gasteiger partial charge is 0.357 e. The molecule has 0 aliphatic carbocycles. The number of hydrogen-bond acceptors (Lipinski definition) is 3. The van der Waals surface area contributed by atoms with Crippen LogP contribution < -0.4 is 5.32 Å². The molecule has 1 aromatic heterocycles. The van der Waals surface area contributed by atoms with Gasteiger partial charge in [0.05, 0.1) is 10.8 Å². The lowest BCUT2D eigenvalue weighted by atomic mass is 9.80. The lowest BCUT2D eigenvalue weighted by Crippen LogP contribution is -2.55. The number of para-hydroxylation sites is 1. The molecule has 0 radical (unpaired) electrons. The minimum Gasteiger partial charge on any atom is -0.357 e. The summed E-state index contributed by atoms with van der Waals surface area (Å²) >= 11 is 0. The van der Waals surface area contributed by atoms with Crippen molar-refractivity contribution in [3.05, 3.63) is 35.5 Å². The summed E-state index contributed by atoms with van der Waals surface area (Å²) in [6.07, 6.45) is 2.66. The molecule has 1 fully saturated rings. The second-order valence-corrected chi connectivity index (χ2v) is 9.76. The summed E-state index contributed by atoms with van der Waals surface area (Å²) in [5, 5.41) is 4.66. The van der Waals surface area contributed by atoms with E-state index in [0.717, 1.165) is 25.8 Å². The zero-order valence-electron chi connectivity index (χ0n) is 14.3. The van der Waals surface area contributed by atoms with Gasteiger partial charge in [0.15, 0.2) is 0 Å². The smallest absolute Gasteiger partial charge is 0.216 e. The van der Waals surface area contributed by atoms with Crippen molar-refractivity contribution in [3.8, 4) is 0 Å². The number of benzene rings is 1. The van der Waals surface area contributed by atoms with Gasteiger partial charge in [-0.1, -0.05) is 18.2 Å². The maximum atomic E-state index is 12.4. The van der Waals surface area contributed by atoms with Crippen molar-refractivity contribution in [1.82, 2.24) is 14.6 Å². The molecule has 1 spiro atoms. The Hall–Kier alpha value is -1.37. The Morgan fingerprint density at radius 2 is 1.88 bits per heavy atom. The number of nitrogens with zero attached hydrogens (tertiary/aromatic N) is 1. The summed E-state index contributed by atoms with van der Waals surface area (Å²) in [4.78, 5) is 3.62. The summed E-state index contributed by atoms with van der Waals surface area (Å²) in [7, 11) is -3.16. The molecule has 1 saturated heterocycles. The first-order valence-electron chi connectivity index (χ1n) is 8.78. The molecule has 2 aliphatic heterocycles. The maximum absolute atomic E-state index is 12.4. The number of hydrogen-bond donors (Lipinski definition) is 2. The number of rotatable bonds is 2. The van der Waals surface area contributed by atoms with E-state index in [1.54, 1.807) is 18.2 Å². The van der Waals surface area contributed by atoms with Crippen molar-refractivity contribution in [2.75, 3.05) is 19.6 Å². The van der Waals surface area contributed by atoms with E-state index in [4.69, 9.17) is 0 Å². The predicted octanol–water partition coefficient (Wildman–Crippen LogP) is 2.34. The third-order valence-corrected chi connectivity index (χ3v) is 7.94. The molecule has 2 N–H and O–H groups in total. The van der Waals surface area contributed by atoms with Gasteiger partial charge in [-0.05, 0) is 44.7 Å². The molecule has 1 aromatic carbocycles. The van der Waals surface area contributed by atoms with E-state index in [1.807, 2.05) is 0 Å². The second-order valence-electron chi connectivity index (χ2n) is 7.28. The fourth-order valence-corrected chi connectivity index (χ4v) is 5.52. The van der Waals surface area contributed by atoms with Gasteiger partial charge in [0.25, 0.3) is 0 Å². The topological polar surface area (TPSA) is 65.2 Å². The number of aromatic nitrogens is 1. The van der Waals surface area contributed by atoms with Crippen LogP contribution in [0, 0.1) is 0 Å². The first-order chi connectivity index (χ1) is 11.4. The molecule has 24 heavy (non-hydrogen) atoms. The number of H-pyrrole nitrogens is 1. The van der Waals surface area contributed by atoms with Crippen LogP contribution in [0.2, 0.25) is 0 Å². The molecule has 0 bridgehead atoms.